The third kappa shape index (κ3) is 5.02. The van der Waals surface area contributed by atoms with Crippen LogP contribution in [0.3, 0.4) is 0 Å². The summed E-state index contributed by atoms with van der Waals surface area (Å²) in [5.41, 5.74) is 0. The number of rotatable bonds is 8. The summed E-state index contributed by atoms with van der Waals surface area (Å²) in [6.07, 6.45) is 4.43. The molecule has 0 aliphatic heterocycles. The van der Waals surface area contributed by atoms with Crippen LogP contribution in [0.1, 0.15) is 25.7 Å². The Balaban J connectivity index is 2.32. The SMILES string of the molecule is COCCOCC(=O)N(CCO)C1CCCC1. The van der Waals surface area contributed by atoms with Gasteiger partial charge in [0.05, 0.1) is 19.8 Å². The fourth-order valence-electron chi connectivity index (χ4n) is 2.22. The summed E-state index contributed by atoms with van der Waals surface area (Å²) >= 11 is 0. The monoisotopic (exact) mass is 245 g/mol. The van der Waals surface area contributed by atoms with Crippen LogP contribution in [0, 0.1) is 0 Å². The molecule has 1 rings (SSSR count). The zero-order valence-corrected chi connectivity index (χ0v) is 10.6. The van der Waals surface area contributed by atoms with E-state index in [1.54, 1.807) is 12.0 Å². The largest absolute Gasteiger partial charge is 0.395 e. The first-order valence-electron chi connectivity index (χ1n) is 6.26. The predicted octanol–water partition coefficient (Wildman–Crippen LogP) is 0.413. The van der Waals surface area contributed by atoms with Gasteiger partial charge in [-0.2, -0.15) is 0 Å². The van der Waals surface area contributed by atoms with Gasteiger partial charge in [0, 0.05) is 19.7 Å². The number of hydrogen-bond acceptors (Lipinski definition) is 4. The van der Waals surface area contributed by atoms with E-state index in [2.05, 4.69) is 0 Å². The topological polar surface area (TPSA) is 59.0 Å². The number of methoxy groups -OCH3 is 1. The van der Waals surface area contributed by atoms with Crippen molar-refractivity contribution in [1.29, 1.82) is 0 Å². The molecule has 5 nitrogen and oxygen atoms in total. The quantitative estimate of drug-likeness (QED) is 0.629. The van der Waals surface area contributed by atoms with Gasteiger partial charge in [-0.05, 0) is 12.8 Å². The van der Waals surface area contributed by atoms with Crippen molar-refractivity contribution in [3.63, 3.8) is 0 Å². The van der Waals surface area contributed by atoms with Crippen molar-refractivity contribution in [2.45, 2.75) is 31.7 Å². The molecule has 17 heavy (non-hydrogen) atoms. The third-order valence-electron chi connectivity index (χ3n) is 3.08. The zero-order valence-electron chi connectivity index (χ0n) is 10.6. The minimum atomic E-state index is -0.0259. The average molecular weight is 245 g/mol. The Morgan fingerprint density at radius 3 is 2.65 bits per heavy atom. The first kappa shape index (κ1) is 14.4. The van der Waals surface area contributed by atoms with Crippen molar-refractivity contribution in [3.8, 4) is 0 Å². The standard InChI is InChI=1S/C12H23NO4/c1-16-8-9-17-10-12(15)13(6-7-14)11-4-2-3-5-11/h11,14H,2-10H2,1H3. The Kier molecular flexibility index (Phi) is 7.16. The molecule has 0 spiro atoms. The van der Waals surface area contributed by atoms with Crippen LogP contribution in [0.15, 0.2) is 0 Å². The molecule has 1 N–H and O–H groups in total. The van der Waals surface area contributed by atoms with Gasteiger partial charge < -0.3 is 19.5 Å². The van der Waals surface area contributed by atoms with E-state index in [4.69, 9.17) is 14.6 Å². The molecule has 5 heteroatoms. The molecule has 0 heterocycles. The smallest absolute Gasteiger partial charge is 0.248 e. The second kappa shape index (κ2) is 8.44. The van der Waals surface area contributed by atoms with Crippen molar-refractivity contribution in [1.82, 2.24) is 4.90 Å². The molecule has 1 aliphatic carbocycles. The maximum absolute atomic E-state index is 11.9. The number of carbonyl (C=O) groups is 1. The van der Waals surface area contributed by atoms with Gasteiger partial charge in [0.25, 0.3) is 0 Å². The van der Waals surface area contributed by atoms with Crippen molar-refractivity contribution >= 4 is 5.91 Å². The third-order valence-corrected chi connectivity index (χ3v) is 3.08. The summed E-state index contributed by atoms with van der Waals surface area (Å²) in [7, 11) is 1.60. The predicted molar refractivity (Wildman–Crippen MR) is 63.7 cm³/mol. The molecule has 1 fully saturated rings. The highest BCUT2D eigenvalue weighted by atomic mass is 16.5. The van der Waals surface area contributed by atoms with E-state index in [-0.39, 0.29) is 19.1 Å². The van der Waals surface area contributed by atoms with Crippen LogP contribution in [-0.2, 0) is 14.3 Å². The van der Waals surface area contributed by atoms with Crippen LogP contribution in [0.4, 0.5) is 0 Å². The second-order valence-electron chi connectivity index (χ2n) is 4.29. The van der Waals surface area contributed by atoms with E-state index in [0.717, 1.165) is 12.8 Å². The number of ether oxygens (including phenoxy) is 2. The highest BCUT2D eigenvalue weighted by molar-refractivity contribution is 5.77. The molecule has 0 radical (unpaired) electrons. The normalized spacial score (nSPS) is 16.4. The summed E-state index contributed by atoms with van der Waals surface area (Å²) in [6, 6.07) is 0.292. The molecule has 0 aromatic carbocycles. The summed E-state index contributed by atoms with van der Waals surface area (Å²) in [5, 5.41) is 9.00. The number of hydrogen-bond donors (Lipinski definition) is 1. The fourth-order valence-corrected chi connectivity index (χ4v) is 2.22. The van der Waals surface area contributed by atoms with Gasteiger partial charge in [0.15, 0.2) is 0 Å². The van der Waals surface area contributed by atoms with Gasteiger partial charge >= 0.3 is 0 Å². The highest BCUT2D eigenvalue weighted by Crippen LogP contribution is 2.23. The van der Waals surface area contributed by atoms with Crippen molar-refractivity contribution < 1.29 is 19.4 Å². The van der Waals surface area contributed by atoms with Gasteiger partial charge in [-0.15, -0.1) is 0 Å². The molecular formula is C12H23NO4. The Morgan fingerprint density at radius 2 is 2.06 bits per heavy atom. The first-order valence-corrected chi connectivity index (χ1v) is 6.26. The average Bonchev–Trinajstić information content (AvgIpc) is 2.85. The number of amides is 1. The maximum atomic E-state index is 11.9. The lowest BCUT2D eigenvalue weighted by Gasteiger charge is -2.28. The van der Waals surface area contributed by atoms with E-state index in [0.29, 0.717) is 25.8 Å². The number of aliphatic hydroxyl groups excluding tert-OH is 1. The van der Waals surface area contributed by atoms with Crippen LogP contribution in [0.25, 0.3) is 0 Å². The minimum Gasteiger partial charge on any atom is -0.395 e. The molecule has 0 saturated heterocycles. The summed E-state index contributed by atoms with van der Waals surface area (Å²) in [5.74, 6) is -0.0259. The van der Waals surface area contributed by atoms with Crippen LogP contribution >= 0.6 is 0 Å². The minimum absolute atomic E-state index is 0.0142. The maximum Gasteiger partial charge on any atom is 0.248 e. The summed E-state index contributed by atoms with van der Waals surface area (Å²) in [4.78, 5) is 13.7. The van der Waals surface area contributed by atoms with Gasteiger partial charge in [0.2, 0.25) is 5.91 Å². The summed E-state index contributed by atoms with van der Waals surface area (Å²) in [6.45, 7) is 1.44. The van der Waals surface area contributed by atoms with Gasteiger partial charge in [-0.25, -0.2) is 0 Å². The molecule has 1 amide bonds. The van der Waals surface area contributed by atoms with E-state index in [1.807, 2.05) is 0 Å². The van der Waals surface area contributed by atoms with E-state index in [9.17, 15) is 4.79 Å². The van der Waals surface area contributed by atoms with E-state index >= 15 is 0 Å². The van der Waals surface area contributed by atoms with Gasteiger partial charge in [-0.1, -0.05) is 12.8 Å². The molecule has 1 saturated carbocycles. The Morgan fingerprint density at radius 1 is 1.35 bits per heavy atom. The van der Waals surface area contributed by atoms with Gasteiger partial charge in [-0.3, -0.25) is 4.79 Å². The Bertz CT molecular complexity index is 217. The second-order valence-corrected chi connectivity index (χ2v) is 4.29. The fraction of sp³-hybridized carbons (Fsp3) is 0.917. The number of aliphatic hydroxyl groups is 1. The molecule has 0 aromatic heterocycles. The molecule has 100 valence electrons. The van der Waals surface area contributed by atoms with Crippen molar-refractivity contribution in [2.24, 2.45) is 0 Å². The van der Waals surface area contributed by atoms with E-state index in [1.165, 1.54) is 12.8 Å². The van der Waals surface area contributed by atoms with E-state index < -0.39 is 0 Å². The summed E-state index contributed by atoms with van der Waals surface area (Å²) < 4.78 is 10.1. The first-order chi connectivity index (χ1) is 8.29. The molecule has 0 unspecified atom stereocenters. The Hall–Kier alpha value is -0.650. The number of nitrogens with zero attached hydrogens (tertiary/aromatic N) is 1. The van der Waals surface area contributed by atoms with Crippen LogP contribution in [-0.4, -0.2) is 62.0 Å². The lowest BCUT2D eigenvalue weighted by atomic mass is 10.2. The lowest BCUT2D eigenvalue weighted by Crippen LogP contribution is -2.42. The van der Waals surface area contributed by atoms with Crippen molar-refractivity contribution in [2.75, 3.05) is 40.1 Å². The van der Waals surface area contributed by atoms with Gasteiger partial charge in [0.1, 0.15) is 6.61 Å². The Labute approximate surface area is 103 Å². The van der Waals surface area contributed by atoms with Crippen LogP contribution in [0.2, 0.25) is 0 Å². The lowest BCUT2D eigenvalue weighted by molar-refractivity contribution is -0.139. The van der Waals surface area contributed by atoms with Crippen LogP contribution in [0.5, 0.6) is 0 Å². The zero-order chi connectivity index (χ0) is 12.5. The molecular weight excluding hydrogens is 222 g/mol. The molecule has 0 bridgehead atoms. The number of carbonyl (C=O) groups excluding carboxylic acids is 1. The van der Waals surface area contributed by atoms with Crippen LogP contribution < -0.4 is 0 Å². The molecule has 0 aromatic rings. The molecule has 1 aliphatic rings. The van der Waals surface area contributed by atoms with Crippen molar-refractivity contribution in [3.05, 3.63) is 0 Å². The molecule has 0 atom stereocenters. The highest BCUT2D eigenvalue weighted by Gasteiger charge is 2.25.